The Morgan fingerprint density at radius 1 is 1.28 bits per heavy atom. The summed E-state index contributed by atoms with van der Waals surface area (Å²) in [6.07, 6.45) is 4.82. The normalized spacial score (nSPS) is 26.0. The largest absolute Gasteiger partial charge is 0.307 e. The van der Waals surface area contributed by atoms with E-state index in [1.54, 1.807) is 0 Å². The van der Waals surface area contributed by atoms with Crippen LogP contribution in [-0.4, -0.2) is 6.04 Å². The molecule has 1 aliphatic rings. The quantitative estimate of drug-likeness (QED) is 0.851. The summed E-state index contributed by atoms with van der Waals surface area (Å²) in [7, 11) is 0. The van der Waals surface area contributed by atoms with Crippen molar-refractivity contribution in [2.24, 2.45) is 5.92 Å². The highest BCUT2D eigenvalue weighted by Crippen LogP contribution is 2.26. The van der Waals surface area contributed by atoms with Gasteiger partial charge in [-0.2, -0.15) is 0 Å². The summed E-state index contributed by atoms with van der Waals surface area (Å²) in [6.45, 7) is 4.20. The fraction of sp³-hybridized carbons (Fsp3) is 0.600. The highest BCUT2D eigenvalue weighted by atomic mass is 19.1. The molecule has 0 amide bonds. The molecule has 1 fully saturated rings. The maximum Gasteiger partial charge on any atom is 0.130 e. The molecule has 0 spiro atoms. The molecule has 1 aromatic carbocycles. The number of hydrogen-bond acceptors (Lipinski definition) is 1. The Kier molecular flexibility index (Phi) is 4.33. The van der Waals surface area contributed by atoms with Crippen molar-refractivity contribution in [1.29, 1.82) is 0 Å². The number of benzene rings is 1. The van der Waals surface area contributed by atoms with E-state index in [2.05, 4.69) is 12.2 Å². The average molecular weight is 253 g/mol. The van der Waals surface area contributed by atoms with Crippen molar-refractivity contribution in [1.82, 2.24) is 5.32 Å². The summed E-state index contributed by atoms with van der Waals surface area (Å²) in [6, 6.07) is 4.19. The highest BCUT2D eigenvalue weighted by molar-refractivity contribution is 5.21. The molecule has 1 aromatic rings. The minimum atomic E-state index is -0.519. The molecule has 3 heteroatoms. The van der Waals surface area contributed by atoms with E-state index in [1.807, 2.05) is 6.92 Å². The minimum absolute atomic E-state index is 0.0686. The summed E-state index contributed by atoms with van der Waals surface area (Å²) < 4.78 is 26.5. The van der Waals surface area contributed by atoms with Crippen molar-refractivity contribution in [3.05, 3.63) is 35.4 Å². The topological polar surface area (TPSA) is 12.0 Å². The Hall–Kier alpha value is -0.960. The molecular formula is C15H21F2N. The molecule has 1 saturated carbocycles. The summed E-state index contributed by atoms with van der Waals surface area (Å²) in [5, 5.41) is 3.46. The molecule has 3 unspecified atom stereocenters. The van der Waals surface area contributed by atoms with Crippen LogP contribution in [0.15, 0.2) is 18.2 Å². The molecule has 1 aliphatic carbocycles. The van der Waals surface area contributed by atoms with Gasteiger partial charge in [0.15, 0.2) is 0 Å². The molecule has 0 aliphatic heterocycles. The van der Waals surface area contributed by atoms with Gasteiger partial charge in [0.05, 0.1) is 0 Å². The predicted octanol–water partition coefficient (Wildman–Crippen LogP) is 4.19. The third-order valence-electron chi connectivity index (χ3n) is 3.85. The van der Waals surface area contributed by atoms with Crippen LogP contribution in [0.4, 0.5) is 8.78 Å². The molecule has 0 heterocycles. The van der Waals surface area contributed by atoms with Gasteiger partial charge in [0.2, 0.25) is 0 Å². The predicted molar refractivity (Wildman–Crippen MR) is 69.3 cm³/mol. The van der Waals surface area contributed by atoms with Crippen LogP contribution in [-0.2, 0) is 0 Å². The van der Waals surface area contributed by atoms with Crippen molar-refractivity contribution in [3.8, 4) is 0 Å². The monoisotopic (exact) mass is 253 g/mol. The van der Waals surface area contributed by atoms with E-state index in [-0.39, 0.29) is 6.04 Å². The lowest BCUT2D eigenvalue weighted by Crippen LogP contribution is -2.35. The zero-order chi connectivity index (χ0) is 13.1. The van der Waals surface area contributed by atoms with Gasteiger partial charge in [-0.3, -0.25) is 0 Å². The van der Waals surface area contributed by atoms with Crippen molar-refractivity contribution >= 4 is 0 Å². The van der Waals surface area contributed by atoms with Crippen LogP contribution in [0.1, 0.15) is 51.1 Å². The number of hydrogen-bond donors (Lipinski definition) is 1. The van der Waals surface area contributed by atoms with Crippen molar-refractivity contribution < 1.29 is 8.78 Å². The summed E-state index contributed by atoms with van der Waals surface area (Å²) >= 11 is 0. The lowest BCUT2D eigenvalue weighted by Gasteiger charge is -2.30. The third kappa shape index (κ3) is 3.29. The molecule has 0 bridgehead atoms. The summed E-state index contributed by atoms with van der Waals surface area (Å²) in [5.74, 6) is -0.241. The van der Waals surface area contributed by atoms with Gasteiger partial charge in [-0.05, 0) is 31.7 Å². The first-order chi connectivity index (χ1) is 8.56. The zero-order valence-electron chi connectivity index (χ0n) is 11.0. The molecule has 1 nitrogen and oxygen atoms in total. The van der Waals surface area contributed by atoms with Crippen LogP contribution >= 0.6 is 0 Å². The van der Waals surface area contributed by atoms with E-state index in [4.69, 9.17) is 0 Å². The van der Waals surface area contributed by atoms with Crippen LogP contribution in [0, 0.1) is 17.6 Å². The SMILES string of the molecule is CC1CCCC(NC(C)c2ccc(F)cc2F)C1. The maximum atomic E-state index is 13.7. The van der Waals surface area contributed by atoms with Crippen LogP contribution in [0.3, 0.4) is 0 Å². The number of halogens is 2. The highest BCUT2D eigenvalue weighted by Gasteiger charge is 2.21. The molecule has 0 saturated heterocycles. The fourth-order valence-corrected chi connectivity index (χ4v) is 2.88. The van der Waals surface area contributed by atoms with Crippen LogP contribution in [0.5, 0.6) is 0 Å². The molecular weight excluding hydrogens is 232 g/mol. The molecule has 2 rings (SSSR count). The Morgan fingerprint density at radius 3 is 2.72 bits per heavy atom. The molecule has 100 valence electrons. The molecule has 0 aromatic heterocycles. The maximum absolute atomic E-state index is 13.7. The summed E-state index contributed by atoms with van der Waals surface area (Å²) in [5.41, 5.74) is 0.551. The number of rotatable bonds is 3. The third-order valence-corrected chi connectivity index (χ3v) is 3.85. The van der Waals surface area contributed by atoms with Gasteiger partial charge in [-0.1, -0.05) is 25.8 Å². The van der Waals surface area contributed by atoms with Crippen molar-refractivity contribution in [2.45, 2.75) is 51.6 Å². The van der Waals surface area contributed by atoms with Gasteiger partial charge >= 0.3 is 0 Å². The first-order valence-corrected chi connectivity index (χ1v) is 6.77. The van der Waals surface area contributed by atoms with Crippen LogP contribution in [0.25, 0.3) is 0 Å². The molecule has 1 N–H and O–H groups in total. The first kappa shape index (κ1) is 13.5. The van der Waals surface area contributed by atoms with Gasteiger partial charge in [-0.15, -0.1) is 0 Å². The Bertz CT molecular complexity index is 405. The lowest BCUT2D eigenvalue weighted by molar-refractivity contribution is 0.284. The van der Waals surface area contributed by atoms with E-state index in [1.165, 1.54) is 25.0 Å². The molecule has 0 radical (unpaired) electrons. The van der Waals surface area contributed by atoms with Gasteiger partial charge in [0, 0.05) is 23.7 Å². The van der Waals surface area contributed by atoms with Crippen molar-refractivity contribution in [2.75, 3.05) is 0 Å². The second kappa shape index (κ2) is 5.79. The molecule has 3 atom stereocenters. The van der Waals surface area contributed by atoms with Crippen LogP contribution < -0.4 is 5.32 Å². The van der Waals surface area contributed by atoms with Gasteiger partial charge in [-0.25, -0.2) is 8.78 Å². The zero-order valence-corrected chi connectivity index (χ0v) is 11.0. The second-order valence-corrected chi connectivity index (χ2v) is 5.52. The Balaban J connectivity index is 2.00. The van der Waals surface area contributed by atoms with E-state index in [0.717, 1.165) is 24.8 Å². The van der Waals surface area contributed by atoms with E-state index in [0.29, 0.717) is 11.6 Å². The smallest absolute Gasteiger partial charge is 0.130 e. The standard InChI is InChI=1S/C15H21F2N/c1-10-4-3-5-13(8-10)18-11(2)14-7-6-12(16)9-15(14)17/h6-7,9-11,13,18H,3-5,8H2,1-2H3. The first-order valence-electron chi connectivity index (χ1n) is 6.77. The molecule has 18 heavy (non-hydrogen) atoms. The Labute approximate surface area is 108 Å². The van der Waals surface area contributed by atoms with Crippen LogP contribution in [0.2, 0.25) is 0 Å². The Morgan fingerprint density at radius 2 is 2.06 bits per heavy atom. The van der Waals surface area contributed by atoms with Gasteiger partial charge in [0.25, 0.3) is 0 Å². The average Bonchev–Trinajstić information content (AvgIpc) is 2.28. The van der Waals surface area contributed by atoms with E-state index >= 15 is 0 Å². The number of nitrogens with one attached hydrogen (secondary N) is 1. The van der Waals surface area contributed by atoms with Gasteiger partial charge < -0.3 is 5.32 Å². The fourth-order valence-electron chi connectivity index (χ4n) is 2.88. The summed E-state index contributed by atoms with van der Waals surface area (Å²) in [4.78, 5) is 0. The van der Waals surface area contributed by atoms with Crippen molar-refractivity contribution in [3.63, 3.8) is 0 Å². The minimum Gasteiger partial charge on any atom is -0.307 e. The van der Waals surface area contributed by atoms with E-state index in [9.17, 15) is 8.78 Å². The van der Waals surface area contributed by atoms with E-state index < -0.39 is 11.6 Å². The second-order valence-electron chi connectivity index (χ2n) is 5.52. The van der Waals surface area contributed by atoms with Gasteiger partial charge in [0.1, 0.15) is 11.6 Å². The lowest BCUT2D eigenvalue weighted by atomic mass is 9.86.